The van der Waals surface area contributed by atoms with Crippen LogP contribution in [0.1, 0.15) is 5.56 Å². The number of hydrogen-bond acceptors (Lipinski definition) is 2. The van der Waals surface area contributed by atoms with Crippen LogP contribution >= 0.6 is 23.4 Å². The number of fused-ring (bicyclic) bond motifs is 1. The molecule has 1 aromatic heterocycles. The van der Waals surface area contributed by atoms with E-state index in [4.69, 9.17) is 11.6 Å². The van der Waals surface area contributed by atoms with Crippen LogP contribution in [0.2, 0.25) is 5.02 Å². The van der Waals surface area contributed by atoms with E-state index in [0.29, 0.717) is 10.4 Å². The summed E-state index contributed by atoms with van der Waals surface area (Å²) in [6, 6.07) is 5.42. The summed E-state index contributed by atoms with van der Waals surface area (Å²) in [6.07, 6.45) is 3.89. The van der Waals surface area contributed by atoms with Gasteiger partial charge in [0, 0.05) is 35.0 Å². The molecule has 2 rings (SSSR count). The monoisotopic (exact) mass is 253 g/mol. The van der Waals surface area contributed by atoms with Crippen molar-refractivity contribution < 1.29 is 0 Å². The normalized spacial score (nSPS) is 10.9. The molecular weight excluding hydrogens is 242 g/mol. The van der Waals surface area contributed by atoms with E-state index < -0.39 is 0 Å². The lowest BCUT2D eigenvalue weighted by Crippen LogP contribution is -2.12. The molecule has 84 valence electrons. The third kappa shape index (κ3) is 1.97. The topological polar surface area (TPSA) is 22.0 Å². The Morgan fingerprint density at radius 3 is 2.88 bits per heavy atom. The quantitative estimate of drug-likeness (QED) is 0.821. The summed E-state index contributed by atoms with van der Waals surface area (Å²) in [7, 11) is 1.94. The van der Waals surface area contributed by atoms with Crippen molar-refractivity contribution >= 4 is 34.3 Å². The van der Waals surface area contributed by atoms with Crippen molar-refractivity contribution in [3.63, 3.8) is 0 Å². The van der Waals surface area contributed by atoms with Crippen molar-refractivity contribution in [1.82, 2.24) is 4.57 Å². The zero-order chi connectivity index (χ0) is 11.7. The second-order valence-corrected chi connectivity index (χ2v) is 4.99. The van der Waals surface area contributed by atoms with Crippen molar-refractivity contribution in [3.05, 3.63) is 45.2 Å². The Morgan fingerprint density at radius 1 is 1.44 bits per heavy atom. The fraction of sp³-hybridized carbons (Fsp3) is 0.250. The number of pyridine rings is 1. The number of thioether (sulfide) groups is 1. The summed E-state index contributed by atoms with van der Waals surface area (Å²) in [4.78, 5) is 12.1. The first-order valence-corrected chi connectivity index (χ1v) is 6.67. The maximum atomic E-state index is 12.1. The summed E-state index contributed by atoms with van der Waals surface area (Å²) in [6.45, 7) is 0. The first kappa shape index (κ1) is 11.6. The molecule has 0 atom stereocenters. The Balaban J connectivity index is 2.81. The predicted octanol–water partition coefficient (Wildman–Crippen LogP) is 3.05. The van der Waals surface area contributed by atoms with E-state index in [-0.39, 0.29) is 5.43 Å². The van der Waals surface area contributed by atoms with Crippen LogP contribution in [0, 0.1) is 0 Å². The van der Waals surface area contributed by atoms with Crippen LogP contribution in [0.5, 0.6) is 0 Å². The molecule has 0 bridgehead atoms. The van der Waals surface area contributed by atoms with Gasteiger partial charge in [-0.15, -0.1) is 0 Å². The van der Waals surface area contributed by atoms with Gasteiger partial charge in [0.15, 0.2) is 5.43 Å². The van der Waals surface area contributed by atoms with E-state index in [9.17, 15) is 4.79 Å². The molecule has 0 saturated heterocycles. The van der Waals surface area contributed by atoms with Crippen molar-refractivity contribution in [2.75, 3.05) is 6.26 Å². The van der Waals surface area contributed by atoms with Gasteiger partial charge in [-0.05, 0) is 24.5 Å². The molecule has 0 aliphatic carbocycles. The average Bonchev–Trinajstić information content (AvgIpc) is 2.25. The Hall–Kier alpha value is -0.930. The molecule has 0 amide bonds. The molecule has 0 aliphatic heterocycles. The van der Waals surface area contributed by atoms with Crippen molar-refractivity contribution in [3.8, 4) is 0 Å². The number of benzene rings is 1. The molecular formula is C12H12ClNOS. The highest BCUT2D eigenvalue weighted by Gasteiger charge is 2.07. The summed E-state index contributed by atoms with van der Waals surface area (Å²) in [5, 5.41) is 1.30. The van der Waals surface area contributed by atoms with E-state index >= 15 is 0 Å². The standard InChI is InChI=1S/C12H12ClNOS/c1-14-6-8(7-16-2)12(15)10-5-9(13)3-4-11(10)14/h3-6H,7H2,1-2H3. The Morgan fingerprint density at radius 2 is 2.19 bits per heavy atom. The second-order valence-electron chi connectivity index (χ2n) is 3.69. The molecule has 0 spiro atoms. The molecule has 0 unspecified atom stereocenters. The van der Waals surface area contributed by atoms with E-state index in [1.54, 1.807) is 23.9 Å². The van der Waals surface area contributed by atoms with Gasteiger partial charge in [-0.3, -0.25) is 4.79 Å². The molecule has 16 heavy (non-hydrogen) atoms. The maximum absolute atomic E-state index is 12.1. The van der Waals surface area contributed by atoms with Gasteiger partial charge in [0.25, 0.3) is 0 Å². The Bertz CT molecular complexity index is 591. The molecule has 1 aromatic carbocycles. The van der Waals surface area contributed by atoms with Gasteiger partial charge in [-0.2, -0.15) is 11.8 Å². The minimum absolute atomic E-state index is 0.0879. The highest BCUT2D eigenvalue weighted by atomic mass is 35.5. The van der Waals surface area contributed by atoms with Crippen LogP contribution in [-0.2, 0) is 12.8 Å². The van der Waals surface area contributed by atoms with Crippen LogP contribution in [-0.4, -0.2) is 10.8 Å². The summed E-state index contributed by atoms with van der Waals surface area (Å²) >= 11 is 7.56. The average molecular weight is 254 g/mol. The lowest BCUT2D eigenvalue weighted by atomic mass is 10.1. The molecule has 1 heterocycles. The van der Waals surface area contributed by atoms with E-state index in [1.807, 2.05) is 30.1 Å². The second kappa shape index (κ2) is 4.52. The molecule has 0 N–H and O–H groups in total. The number of aryl methyl sites for hydroxylation is 1. The Kier molecular flexibility index (Phi) is 3.26. The Labute approximate surface area is 103 Å². The van der Waals surface area contributed by atoms with Gasteiger partial charge >= 0.3 is 0 Å². The summed E-state index contributed by atoms with van der Waals surface area (Å²) in [5.74, 6) is 0.731. The fourth-order valence-corrected chi connectivity index (χ4v) is 2.48. The molecule has 4 heteroatoms. The zero-order valence-corrected chi connectivity index (χ0v) is 10.7. The van der Waals surface area contributed by atoms with Gasteiger partial charge < -0.3 is 4.57 Å². The van der Waals surface area contributed by atoms with Crippen LogP contribution in [0.3, 0.4) is 0 Å². The van der Waals surface area contributed by atoms with Crippen LogP contribution < -0.4 is 5.43 Å². The molecule has 0 aliphatic rings. The maximum Gasteiger partial charge on any atom is 0.193 e. The van der Waals surface area contributed by atoms with Gasteiger partial charge in [0.1, 0.15) is 0 Å². The van der Waals surface area contributed by atoms with Gasteiger partial charge in [0.2, 0.25) is 0 Å². The van der Waals surface area contributed by atoms with E-state index in [2.05, 4.69) is 0 Å². The number of nitrogens with zero attached hydrogens (tertiary/aromatic N) is 1. The first-order chi connectivity index (χ1) is 7.63. The van der Waals surface area contributed by atoms with Crippen LogP contribution in [0.4, 0.5) is 0 Å². The molecule has 0 radical (unpaired) electrons. The van der Waals surface area contributed by atoms with E-state index in [0.717, 1.165) is 16.8 Å². The van der Waals surface area contributed by atoms with Gasteiger partial charge in [-0.25, -0.2) is 0 Å². The largest absolute Gasteiger partial charge is 0.350 e. The lowest BCUT2D eigenvalue weighted by Gasteiger charge is -2.08. The number of halogens is 1. The number of rotatable bonds is 2. The molecule has 2 aromatic rings. The first-order valence-electron chi connectivity index (χ1n) is 4.90. The highest BCUT2D eigenvalue weighted by molar-refractivity contribution is 7.97. The van der Waals surface area contributed by atoms with Crippen molar-refractivity contribution in [2.24, 2.45) is 7.05 Å². The number of hydrogen-bond donors (Lipinski definition) is 0. The SMILES string of the molecule is CSCc1cn(C)c2ccc(Cl)cc2c1=O. The summed E-state index contributed by atoms with van der Waals surface area (Å²) in [5.41, 5.74) is 1.83. The highest BCUT2D eigenvalue weighted by Crippen LogP contribution is 2.17. The smallest absolute Gasteiger partial charge is 0.193 e. The lowest BCUT2D eigenvalue weighted by molar-refractivity contribution is 0.937. The number of aromatic nitrogens is 1. The van der Waals surface area contributed by atoms with Gasteiger partial charge in [-0.1, -0.05) is 11.6 Å². The predicted molar refractivity (Wildman–Crippen MR) is 71.4 cm³/mol. The van der Waals surface area contributed by atoms with Crippen molar-refractivity contribution in [1.29, 1.82) is 0 Å². The fourth-order valence-electron chi connectivity index (χ4n) is 1.79. The molecule has 0 saturated carbocycles. The molecule has 2 nitrogen and oxygen atoms in total. The van der Waals surface area contributed by atoms with Gasteiger partial charge in [0.05, 0.1) is 5.52 Å². The van der Waals surface area contributed by atoms with Crippen molar-refractivity contribution in [2.45, 2.75) is 5.75 Å². The minimum Gasteiger partial charge on any atom is -0.350 e. The summed E-state index contributed by atoms with van der Waals surface area (Å²) < 4.78 is 1.97. The third-order valence-electron chi connectivity index (χ3n) is 2.52. The van der Waals surface area contributed by atoms with Crippen LogP contribution in [0.15, 0.2) is 29.2 Å². The third-order valence-corrected chi connectivity index (χ3v) is 3.36. The molecule has 0 fully saturated rings. The minimum atomic E-state index is 0.0879. The van der Waals surface area contributed by atoms with Crippen LogP contribution in [0.25, 0.3) is 10.9 Å². The van der Waals surface area contributed by atoms with E-state index in [1.165, 1.54) is 0 Å². The zero-order valence-electron chi connectivity index (χ0n) is 9.16.